The first kappa shape index (κ1) is 16.1. The van der Waals surface area contributed by atoms with Gasteiger partial charge in [-0.3, -0.25) is 0 Å². The van der Waals surface area contributed by atoms with Gasteiger partial charge in [-0.25, -0.2) is 0 Å². The number of thiophene rings is 1. The minimum atomic E-state index is 0.535. The van der Waals surface area contributed by atoms with E-state index in [9.17, 15) is 0 Å². The number of hydrogen-bond acceptors (Lipinski definition) is 3. The van der Waals surface area contributed by atoms with Gasteiger partial charge in [0.25, 0.3) is 0 Å². The van der Waals surface area contributed by atoms with Crippen molar-refractivity contribution in [1.82, 2.24) is 5.32 Å². The van der Waals surface area contributed by atoms with Crippen molar-refractivity contribution < 1.29 is 4.74 Å². The minimum Gasteiger partial charge on any atom is -0.492 e. The Balaban J connectivity index is 1.75. The summed E-state index contributed by atoms with van der Waals surface area (Å²) >= 11 is 1.85. The SMILES string of the molecule is Cc1cc(OCCNCc2ccc(C)s2)cc(C(C)C)c1. The third-order valence-corrected chi connectivity index (χ3v) is 4.38. The van der Waals surface area contributed by atoms with Crippen LogP contribution in [0.1, 0.15) is 40.6 Å². The fourth-order valence-corrected chi connectivity index (χ4v) is 3.09. The molecule has 0 unspecified atom stereocenters. The standard InChI is InChI=1S/C18H25NOS/c1-13(2)16-9-14(3)10-17(11-16)20-8-7-19-12-18-6-5-15(4)21-18/h5-6,9-11,13,19H,7-8,12H2,1-4H3. The molecule has 1 N–H and O–H groups in total. The van der Waals surface area contributed by atoms with Crippen LogP contribution in [0.5, 0.6) is 5.75 Å². The van der Waals surface area contributed by atoms with Gasteiger partial charge in [0.15, 0.2) is 0 Å². The summed E-state index contributed by atoms with van der Waals surface area (Å²) in [5, 5.41) is 3.42. The zero-order valence-electron chi connectivity index (χ0n) is 13.4. The van der Waals surface area contributed by atoms with Crippen molar-refractivity contribution in [2.24, 2.45) is 0 Å². The van der Waals surface area contributed by atoms with Gasteiger partial charge in [-0.15, -0.1) is 11.3 Å². The van der Waals surface area contributed by atoms with Crippen molar-refractivity contribution in [2.75, 3.05) is 13.2 Å². The first-order chi connectivity index (χ1) is 10.0. The fraction of sp³-hybridized carbons (Fsp3) is 0.444. The maximum atomic E-state index is 5.86. The number of hydrogen-bond donors (Lipinski definition) is 1. The van der Waals surface area contributed by atoms with Crippen LogP contribution >= 0.6 is 11.3 Å². The molecule has 1 heterocycles. The largest absolute Gasteiger partial charge is 0.492 e. The molecule has 0 bridgehead atoms. The second-order valence-electron chi connectivity index (χ2n) is 5.77. The van der Waals surface area contributed by atoms with E-state index in [0.29, 0.717) is 12.5 Å². The molecule has 2 nitrogen and oxygen atoms in total. The Labute approximate surface area is 132 Å². The van der Waals surface area contributed by atoms with Crippen molar-refractivity contribution in [3.8, 4) is 5.75 Å². The normalized spacial score (nSPS) is 11.1. The van der Waals surface area contributed by atoms with Crippen LogP contribution in [-0.2, 0) is 6.54 Å². The van der Waals surface area contributed by atoms with E-state index in [0.717, 1.165) is 18.8 Å². The van der Waals surface area contributed by atoms with E-state index in [2.05, 4.69) is 63.3 Å². The third kappa shape index (κ3) is 5.18. The zero-order chi connectivity index (χ0) is 15.2. The Hall–Kier alpha value is -1.32. The predicted molar refractivity (Wildman–Crippen MR) is 91.5 cm³/mol. The topological polar surface area (TPSA) is 21.3 Å². The number of ether oxygens (including phenoxy) is 1. The van der Waals surface area contributed by atoms with Crippen LogP contribution in [-0.4, -0.2) is 13.2 Å². The summed E-state index contributed by atoms with van der Waals surface area (Å²) in [6.07, 6.45) is 0. The first-order valence-electron chi connectivity index (χ1n) is 7.55. The summed E-state index contributed by atoms with van der Waals surface area (Å²) in [7, 11) is 0. The quantitative estimate of drug-likeness (QED) is 0.751. The summed E-state index contributed by atoms with van der Waals surface area (Å²) in [5.41, 5.74) is 2.60. The average molecular weight is 303 g/mol. The molecule has 0 fully saturated rings. The molecule has 0 saturated carbocycles. The molecule has 114 valence electrons. The van der Waals surface area contributed by atoms with Gasteiger partial charge in [0.05, 0.1) is 0 Å². The molecule has 2 aromatic rings. The Morgan fingerprint density at radius 1 is 1.14 bits per heavy atom. The van der Waals surface area contributed by atoms with Gasteiger partial charge in [0.2, 0.25) is 0 Å². The number of aryl methyl sites for hydroxylation is 2. The molecule has 0 spiro atoms. The van der Waals surface area contributed by atoms with Crippen molar-refractivity contribution in [2.45, 2.75) is 40.2 Å². The van der Waals surface area contributed by atoms with Crippen LogP contribution in [0.2, 0.25) is 0 Å². The molecule has 0 radical (unpaired) electrons. The molecular formula is C18H25NOS. The van der Waals surface area contributed by atoms with E-state index < -0.39 is 0 Å². The van der Waals surface area contributed by atoms with E-state index in [1.165, 1.54) is 20.9 Å². The van der Waals surface area contributed by atoms with E-state index in [1.54, 1.807) is 0 Å². The van der Waals surface area contributed by atoms with E-state index >= 15 is 0 Å². The third-order valence-electron chi connectivity index (χ3n) is 3.38. The Morgan fingerprint density at radius 2 is 1.95 bits per heavy atom. The summed E-state index contributed by atoms with van der Waals surface area (Å²) in [6, 6.07) is 10.8. The number of nitrogens with one attached hydrogen (secondary N) is 1. The zero-order valence-corrected chi connectivity index (χ0v) is 14.2. The highest BCUT2D eigenvalue weighted by molar-refractivity contribution is 7.11. The molecule has 21 heavy (non-hydrogen) atoms. The highest BCUT2D eigenvalue weighted by Gasteiger charge is 2.03. The molecule has 0 saturated heterocycles. The maximum absolute atomic E-state index is 5.86. The van der Waals surface area contributed by atoms with Gasteiger partial charge in [-0.1, -0.05) is 19.9 Å². The van der Waals surface area contributed by atoms with Crippen LogP contribution < -0.4 is 10.1 Å². The van der Waals surface area contributed by atoms with Crippen LogP contribution in [0, 0.1) is 13.8 Å². The van der Waals surface area contributed by atoms with Gasteiger partial charge >= 0.3 is 0 Å². The Morgan fingerprint density at radius 3 is 2.62 bits per heavy atom. The lowest BCUT2D eigenvalue weighted by molar-refractivity contribution is 0.313. The molecule has 0 atom stereocenters. The molecule has 0 aliphatic carbocycles. The van der Waals surface area contributed by atoms with Crippen molar-refractivity contribution in [3.63, 3.8) is 0 Å². The molecule has 1 aromatic carbocycles. The predicted octanol–water partition coefficient (Wildman–Crippen LogP) is 4.66. The lowest BCUT2D eigenvalue weighted by atomic mass is 10.0. The molecule has 2 rings (SSSR count). The second kappa shape index (κ2) is 7.62. The van der Waals surface area contributed by atoms with Gasteiger partial charge in [-0.05, 0) is 55.2 Å². The summed E-state index contributed by atoms with van der Waals surface area (Å²) < 4.78 is 5.86. The van der Waals surface area contributed by atoms with E-state index in [1.807, 2.05) is 11.3 Å². The summed E-state index contributed by atoms with van der Waals surface area (Å²) in [5.74, 6) is 1.51. The van der Waals surface area contributed by atoms with Crippen LogP contribution in [0.3, 0.4) is 0 Å². The number of rotatable bonds is 7. The van der Waals surface area contributed by atoms with Crippen molar-refractivity contribution >= 4 is 11.3 Å². The van der Waals surface area contributed by atoms with Gasteiger partial charge in [0, 0.05) is 22.8 Å². The van der Waals surface area contributed by atoms with Gasteiger partial charge in [-0.2, -0.15) is 0 Å². The molecule has 0 amide bonds. The maximum Gasteiger partial charge on any atom is 0.119 e. The Kier molecular flexibility index (Phi) is 5.83. The number of benzene rings is 1. The molecule has 3 heteroatoms. The monoisotopic (exact) mass is 303 g/mol. The lowest BCUT2D eigenvalue weighted by Gasteiger charge is -2.12. The molecular weight excluding hydrogens is 278 g/mol. The highest BCUT2D eigenvalue weighted by atomic mass is 32.1. The van der Waals surface area contributed by atoms with E-state index in [4.69, 9.17) is 4.74 Å². The van der Waals surface area contributed by atoms with E-state index in [-0.39, 0.29) is 0 Å². The van der Waals surface area contributed by atoms with Crippen molar-refractivity contribution in [3.05, 3.63) is 51.2 Å². The second-order valence-corrected chi connectivity index (χ2v) is 7.14. The smallest absolute Gasteiger partial charge is 0.119 e. The molecule has 0 aliphatic heterocycles. The van der Waals surface area contributed by atoms with Gasteiger partial charge < -0.3 is 10.1 Å². The van der Waals surface area contributed by atoms with Crippen LogP contribution in [0.15, 0.2) is 30.3 Å². The molecule has 0 aliphatic rings. The van der Waals surface area contributed by atoms with Crippen molar-refractivity contribution in [1.29, 1.82) is 0 Å². The minimum absolute atomic E-state index is 0.535. The van der Waals surface area contributed by atoms with Crippen LogP contribution in [0.4, 0.5) is 0 Å². The first-order valence-corrected chi connectivity index (χ1v) is 8.36. The fourth-order valence-electron chi connectivity index (χ4n) is 2.23. The Bertz CT molecular complexity index is 574. The average Bonchev–Trinajstić information content (AvgIpc) is 2.83. The van der Waals surface area contributed by atoms with Crippen LogP contribution in [0.25, 0.3) is 0 Å². The summed E-state index contributed by atoms with van der Waals surface area (Å²) in [6.45, 7) is 11.2. The molecule has 1 aromatic heterocycles. The lowest BCUT2D eigenvalue weighted by Crippen LogP contribution is -2.20. The highest BCUT2D eigenvalue weighted by Crippen LogP contribution is 2.22. The van der Waals surface area contributed by atoms with Gasteiger partial charge in [0.1, 0.15) is 12.4 Å². The summed E-state index contributed by atoms with van der Waals surface area (Å²) in [4.78, 5) is 2.74.